The highest BCUT2D eigenvalue weighted by molar-refractivity contribution is 5.76. The molecule has 2 heterocycles. The van der Waals surface area contributed by atoms with E-state index in [1.807, 2.05) is 0 Å². The van der Waals surface area contributed by atoms with Crippen LogP contribution >= 0.6 is 0 Å². The molecule has 2 aromatic rings. The zero-order valence-corrected chi connectivity index (χ0v) is 11.2. The van der Waals surface area contributed by atoms with Crippen LogP contribution in [0.3, 0.4) is 0 Å². The number of hydrogen-bond donors (Lipinski definition) is 0. The van der Waals surface area contributed by atoms with Crippen molar-refractivity contribution in [1.29, 1.82) is 0 Å². The summed E-state index contributed by atoms with van der Waals surface area (Å²) < 4.78 is 20.0. The lowest BCUT2D eigenvalue weighted by Crippen LogP contribution is -2.43. The van der Waals surface area contributed by atoms with Crippen molar-refractivity contribution in [1.82, 2.24) is 25.1 Å². The van der Waals surface area contributed by atoms with Crippen molar-refractivity contribution in [2.45, 2.75) is 12.6 Å². The van der Waals surface area contributed by atoms with E-state index in [4.69, 9.17) is 4.74 Å². The van der Waals surface area contributed by atoms with Crippen molar-refractivity contribution in [2.75, 3.05) is 19.7 Å². The highest BCUT2D eigenvalue weighted by Gasteiger charge is 2.25. The Morgan fingerprint density at radius 3 is 2.90 bits per heavy atom. The Morgan fingerprint density at radius 1 is 1.38 bits per heavy atom. The van der Waals surface area contributed by atoms with Crippen LogP contribution in [0.4, 0.5) is 4.39 Å². The summed E-state index contributed by atoms with van der Waals surface area (Å²) in [4.78, 5) is 13.9. The van der Waals surface area contributed by atoms with Gasteiger partial charge in [0.2, 0.25) is 5.91 Å². The largest absolute Gasteiger partial charge is 0.370 e. The van der Waals surface area contributed by atoms with E-state index in [0.29, 0.717) is 19.7 Å². The molecule has 21 heavy (non-hydrogen) atoms. The smallest absolute Gasteiger partial charge is 0.244 e. The number of carbonyl (C=O) groups excluding carboxylic acids is 1. The molecule has 1 unspecified atom stereocenters. The van der Waals surface area contributed by atoms with Crippen LogP contribution in [-0.2, 0) is 16.1 Å². The first-order valence-corrected chi connectivity index (χ1v) is 6.58. The van der Waals surface area contributed by atoms with E-state index < -0.39 is 0 Å². The van der Waals surface area contributed by atoms with Gasteiger partial charge in [-0.2, -0.15) is 0 Å². The third kappa shape index (κ3) is 3.22. The number of carbonyl (C=O) groups is 1. The van der Waals surface area contributed by atoms with E-state index in [2.05, 4.69) is 15.5 Å². The minimum Gasteiger partial charge on any atom is -0.370 e. The molecule has 7 nitrogen and oxygen atoms in total. The zero-order valence-electron chi connectivity index (χ0n) is 11.2. The van der Waals surface area contributed by atoms with Crippen LogP contribution in [0, 0.1) is 5.82 Å². The number of morpholine rings is 1. The van der Waals surface area contributed by atoms with Crippen LogP contribution in [0.15, 0.2) is 30.6 Å². The molecule has 1 aliphatic rings. The summed E-state index contributed by atoms with van der Waals surface area (Å²) in [6.45, 7) is 1.51. The fourth-order valence-corrected chi connectivity index (χ4v) is 2.25. The lowest BCUT2D eigenvalue weighted by atomic mass is 10.1. The number of aromatic nitrogens is 4. The molecule has 8 heteroatoms. The molecule has 0 aliphatic carbocycles. The molecule has 1 amide bonds. The summed E-state index contributed by atoms with van der Waals surface area (Å²) in [5.74, 6) is -0.362. The van der Waals surface area contributed by atoms with Gasteiger partial charge in [0, 0.05) is 6.54 Å². The van der Waals surface area contributed by atoms with Gasteiger partial charge in [-0.05, 0) is 28.1 Å². The Morgan fingerprint density at radius 2 is 2.19 bits per heavy atom. The summed E-state index contributed by atoms with van der Waals surface area (Å²) in [6.07, 6.45) is 1.16. The Balaban J connectivity index is 1.65. The lowest BCUT2D eigenvalue weighted by molar-refractivity contribution is -0.139. The Kier molecular flexibility index (Phi) is 3.87. The quantitative estimate of drug-likeness (QED) is 0.819. The van der Waals surface area contributed by atoms with Crippen molar-refractivity contribution in [3.63, 3.8) is 0 Å². The van der Waals surface area contributed by atoms with Crippen molar-refractivity contribution in [2.24, 2.45) is 0 Å². The third-order valence-electron chi connectivity index (χ3n) is 3.35. The molecule has 0 N–H and O–H groups in total. The number of tetrazole rings is 1. The van der Waals surface area contributed by atoms with Gasteiger partial charge in [-0.25, -0.2) is 9.07 Å². The van der Waals surface area contributed by atoms with Gasteiger partial charge in [-0.3, -0.25) is 4.79 Å². The second-order valence-corrected chi connectivity index (χ2v) is 4.76. The molecule has 1 fully saturated rings. The Labute approximate surface area is 120 Å². The highest BCUT2D eigenvalue weighted by Crippen LogP contribution is 2.22. The average molecular weight is 291 g/mol. The van der Waals surface area contributed by atoms with Gasteiger partial charge in [0.15, 0.2) is 0 Å². The molecule has 1 saturated heterocycles. The van der Waals surface area contributed by atoms with Crippen LogP contribution in [-0.4, -0.2) is 50.7 Å². The number of hydrogen-bond acceptors (Lipinski definition) is 5. The van der Waals surface area contributed by atoms with Crippen molar-refractivity contribution in [3.8, 4) is 0 Å². The van der Waals surface area contributed by atoms with Crippen LogP contribution < -0.4 is 0 Å². The molecular weight excluding hydrogens is 277 g/mol. The van der Waals surface area contributed by atoms with Crippen LogP contribution in [0.5, 0.6) is 0 Å². The van der Waals surface area contributed by atoms with Crippen molar-refractivity contribution >= 4 is 5.91 Å². The molecule has 3 rings (SSSR count). The summed E-state index contributed by atoms with van der Waals surface area (Å²) in [7, 11) is 0. The molecule has 1 atom stereocenters. The van der Waals surface area contributed by atoms with E-state index in [-0.39, 0.29) is 24.4 Å². The molecule has 110 valence electrons. The van der Waals surface area contributed by atoms with E-state index in [0.717, 1.165) is 5.56 Å². The van der Waals surface area contributed by atoms with Gasteiger partial charge >= 0.3 is 0 Å². The van der Waals surface area contributed by atoms with Crippen LogP contribution in [0.2, 0.25) is 0 Å². The van der Waals surface area contributed by atoms with E-state index in [9.17, 15) is 9.18 Å². The number of ether oxygens (including phenoxy) is 1. The summed E-state index contributed by atoms with van der Waals surface area (Å²) in [5, 5.41) is 10.7. The first kappa shape index (κ1) is 13.6. The summed E-state index contributed by atoms with van der Waals surface area (Å²) in [5.41, 5.74) is 0.858. The SMILES string of the molecule is O=C(Cn1cnnn1)N1CCOC(c2ccc(F)cc2)C1. The number of benzene rings is 1. The van der Waals surface area contributed by atoms with Crippen LogP contribution in [0.25, 0.3) is 0 Å². The minimum atomic E-state index is -0.291. The fourth-order valence-electron chi connectivity index (χ4n) is 2.25. The number of rotatable bonds is 3. The molecule has 1 aromatic heterocycles. The molecular formula is C13H14FN5O2. The number of amides is 1. The number of halogens is 1. The van der Waals surface area contributed by atoms with Gasteiger partial charge in [-0.1, -0.05) is 12.1 Å². The fraction of sp³-hybridized carbons (Fsp3) is 0.385. The maximum atomic E-state index is 12.9. The molecule has 0 bridgehead atoms. The predicted octanol–water partition coefficient (Wildman–Crippen LogP) is 0.412. The second kappa shape index (κ2) is 5.96. The van der Waals surface area contributed by atoms with Gasteiger partial charge in [0.25, 0.3) is 0 Å². The normalized spacial score (nSPS) is 18.7. The number of nitrogens with zero attached hydrogens (tertiary/aromatic N) is 5. The lowest BCUT2D eigenvalue weighted by Gasteiger charge is -2.33. The molecule has 1 aromatic carbocycles. The van der Waals surface area contributed by atoms with E-state index >= 15 is 0 Å². The van der Waals surface area contributed by atoms with Gasteiger partial charge < -0.3 is 9.64 Å². The van der Waals surface area contributed by atoms with Gasteiger partial charge in [0.05, 0.1) is 13.2 Å². The maximum Gasteiger partial charge on any atom is 0.244 e. The average Bonchev–Trinajstić information content (AvgIpc) is 3.01. The standard InChI is InChI=1S/C13H14FN5O2/c14-11-3-1-10(2-4-11)12-7-18(5-6-21-12)13(20)8-19-9-15-16-17-19/h1-4,9,12H,5-8H2. The van der Waals surface area contributed by atoms with E-state index in [1.165, 1.54) is 23.1 Å². The second-order valence-electron chi connectivity index (χ2n) is 4.76. The molecule has 0 spiro atoms. The molecule has 0 saturated carbocycles. The van der Waals surface area contributed by atoms with Gasteiger partial charge in [-0.15, -0.1) is 5.10 Å². The monoisotopic (exact) mass is 291 g/mol. The van der Waals surface area contributed by atoms with Crippen LogP contribution in [0.1, 0.15) is 11.7 Å². The third-order valence-corrected chi connectivity index (χ3v) is 3.35. The summed E-state index contributed by atoms with van der Waals surface area (Å²) >= 11 is 0. The predicted molar refractivity (Wildman–Crippen MR) is 69.5 cm³/mol. The van der Waals surface area contributed by atoms with Crippen molar-refractivity contribution in [3.05, 3.63) is 42.0 Å². The summed E-state index contributed by atoms with van der Waals surface area (Å²) in [6, 6.07) is 6.13. The molecule has 1 aliphatic heterocycles. The zero-order chi connectivity index (χ0) is 14.7. The topological polar surface area (TPSA) is 73.1 Å². The first-order chi connectivity index (χ1) is 10.2. The highest BCUT2D eigenvalue weighted by atomic mass is 19.1. The first-order valence-electron chi connectivity index (χ1n) is 6.58. The minimum absolute atomic E-state index is 0.0716. The van der Waals surface area contributed by atoms with E-state index in [1.54, 1.807) is 17.0 Å². The Bertz CT molecular complexity index is 602. The van der Waals surface area contributed by atoms with Gasteiger partial charge in [0.1, 0.15) is 24.8 Å². The van der Waals surface area contributed by atoms with Crippen molar-refractivity contribution < 1.29 is 13.9 Å². The Hall–Kier alpha value is -2.35. The molecule has 0 radical (unpaired) electrons. The maximum absolute atomic E-state index is 12.9.